The summed E-state index contributed by atoms with van der Waals surface area (Å²) < 4.78 is 5.45. The Bertz CT molecular complexity index is 1210. The third-order valence-corrected chi connectivity index (χ3v) is 7.97. The van der Waals surface area contributed by atoms with E-state index in [0.29, 0.717) is 18.7 Å². The summed E-state index contributed by atoms with van der Waals surface area (Å²) in [4.78, 5) is 37.5. The largest absolute Gasteiger partial charge is 0.444 e. The first-order valence-corrected chi connectivity index (χ1v) is 16.1. The van der Waals surface area contributed by atoms with Gasteiger partial charge in [0.2, 0.25) is 0 Å². The first-order valence-electron chi connectivity index (χ1n) is 15.1. The highest BCUT2D eigenvalue weighted by molar-refractivity contribution is 8.12. The Morgan fingerprint density at radius 2 is 1.64 bits per heavy atom. The number of benzene rings is 2. The van der Waals surface area contributed by atoms with Crippen molar-refractivity contribution >= 4 is 34.5 Å². The third kappa shape index (κ3) is 12.0. The SMILES string of the molecule is CC(=O)SCc1ccccc1.CCC/C(C)=C(\CC)c1cc(C(=O)NC2CCN(C(=O)OC(C)(C)C)CC2)ccc1C. The lowest BCUT2D eigenvalue weighted by Gasteiger charge is -2.33. The summed E-state index contributed by atoms with van der Waals surface area (Å²) in [7, 11) is 0. The predicted molar refractivity (Wildman–Crippen MR) is 176 cm³/mol. The van der Waals surface area contributed by atoms with E-state index in [0.717, 1.165) is 37.9 Å². The van der Waals surface area contributed by atoms with Crippen LogP contribution in [0.3, 0.4) is 0 Å². The second-order valence-electron chi connectivity index (χ2n) is 11.9. The number of carbonyl (C=O) groups is 3. The second kappa shape index (κ2) is 17.2. The van der Waals surface area contributed by atoms with Crippen LogP contribution in [0.25, 0.3) is 5.57 Å². The van der Waals surface area contributed by atoms with Crippen LogP contribution in [0.4, 0.5) is 4.79 Å². The fourth-order valence-corrected chi connectivity index (χ4v) is 5.46. The molecule has 0 aromatic heterocycles. The smallest absolute Gasteiger partial charge is 0.410 e. The summed E-state index contributed by atoms with van der Waals surface area (Å²) in [5.74, 6) is 0.747. The van der Waals surface area contributed by atoms with Crippen LogP contribution in [0.5, 0.6) is 0 Å². The molecule has 0 aliphatic carbocycles. The lowest BCUT2D eigenvalue weighted by atomic mass is 9.91. The molecule has 3 rings (SSSR count). The lowest BCUT2D eigenvalue weighted by molar-refractivity contribution is -0.109. The van der Waals surface area contributed by atoms with Gasteiger partial charge in [-0.25, -0.2) is 4.79 Å². The number of amides is 2. The van der Waals surface area contributed by atoms with Crippen molar-refractivity contribution in [2.45, 2.75) is 105 Å². The number of hydrogen-bond acceptors (Lipinski definition) is 5. The Morgan fingerprint density at radius 1 is 1.00 bits per heavy atom. The van der Waals surface area contributed by atoms with Gasteiger partial charge in [-0.05, 0) is 94.7 Å². The minimum atomic E-state index is -0.493. The summed E-state index contributed by atoms with van der Waals surface area (Å²) >= 11 is 1.35. The van der Waals surface area contributed by atoms with Crippen LogP contribution in [0.15, 0.2) is 54.1 Å². The van der Waals surface area contributed by atoms with Gasteiger partial charge in [-0.3, -0.25) is 9.59 Å². The molecule has 0 spiro atoms. The van der Waals surface area contributed by atoms with Crippen LogP contribution in [-0.2, 0) is 15.3 Å². The fraction of sp³-hybridized carbons (Fsp3) is 0.514. The van der Waals surface area contributed by atoms with Gasteiger partial charge in [0.1, 0.15) is 5.60 Å². The van der Waals surface area contributed by atoms with Crippen LogP contribution in [0.2, 0.25) is 0 Å². The molecule has 0 radical (unpaired) electrons. The standard InChI is InChI=1S/C26H40N2O3.C9H10OS/c1-8-10-18(3)22(9-2)23-17-20(12-11-19(23)4)24(29)27-21-13-15-28(16-14-21)25(30)31-26(5,6)7;1-8(10)11-7-9-5-3-2-4-6-9/h11-12,17,21H,8-10,13-16H2,1-7H3,(H,27,29);2-6H,7H2,1H3/b22-18+;. The molecule has 2 aromatic carbocycles. The van der Waals surface area contributed by atoms with E-state index in [4.69, 9.17) is 4.74 Å². The summed E-state index contributed by atoms with van der Waals surface area (Å²) in [6, 6.07) is 16.0. The van der Waals surface area contributed by atoms with E-state index >= 15 is 0 Å². The Morgan fingerprint density at radius 3 is 2.19 bits per heavy atom. The molecule has 42 heavy (non-hydrogen) atoms. The van der Waals surface area contributed by atoms with E-state index in [1.54, 1.807) is 11.8 Å². The Hall–Kier alpha value is -3.06. The molecule has 1 aliphatic rings. The molecule has 1 N–H and O–H groups in total. The monoisotopic (exact) mass is 594 g/mol. The average Bonchev–Trinajstić information content (AvgIpc) is 2.94. The number of likely N-dealkylation sites (tertiary alicyclic amines) is 1. The number of thioether (sulfide) groups is 1. The molecule has 2 aromatic rings. The molecule has 6 nitrogen and oxygen atoms in total. The molecule has 0 bridgehead atoms. The van der Waals surface area contributed by atoms with E-state index < -0.39 is 5.60 Å². The predicted octanol–water partition coefficient (Wildman–Crippen LogP) is 8.57. The molecule has 2 amide bonds. The zero-order valence-electron chi connectivity index (χ0n) is 26.8. The van der Waals surface area contributed by atoms with Gasteiger partial charge >= 0.3 is 6.09 Å². The van der Waals surface area contributed by atoms with E-state index in [-0.39, 0.29) is 23.2 Å². The van der Waals surface area contributed by atoms with Crippen molar-refractivity contribution in [2.75, 3.05) is 13.1 Å². The number of nitrogens with zero attached hydrogens (tertiary/aromatic N) is 1. The fourth-order valence-electron chi connectivity index (χ4n) is 4.90. The zero-order valence-corrected chi connectivity index (χ0v) is 27.7. The number of hydrogen-bond donors (Lipinski definition) is 1. The minimum absolute atomic E-state index is 0.0411. The maximum atomic E-state index is 13.0. The van der Waals surface area contributed by atoms with Crippen molar-refractivity contribution in [3.63, 3.8) is 0 Å². The zero-order chi connectivity index (χ0) is 31.3. The van der Waals surface area contributed by atoms with Crippen molar-refractivity contribution < 1.29 is 19.1 Å². The maximum absolute atomic E-state index is 13.0. The molecule has 1 aliphatic heterocycles. The van der Waals surface area contributed by atoms with E-state index in [1.807, 2.05) is 69.3 Å². The van der Waals surface area contributed by atoms with Crippen molar-refractivity contribution in [1.82, 2.24) is 10.2 Å². The van der Waals surface area contributed by atoms with Gasteiger partial charge in [-0.1, -0.05) is 74.0 Å². The topological polar surface area (TPSA) is 75.7 Å². The minimum Gasteiger partial charge on any atom is -0.444 e. The normalized spacial score (nSPS) is 14.3. The van der Waals surface area contributed by atoms with E-state index in [1.165, 1.54) is 39.6 Å². The summed E-state index contributed by atoms with van der Waals surface area (Å²) in [6.45, 7) is 17.1. The number of nitrogens with one attached hydrogen (secondary N) is 1. The maximum Gasteiger partial charge on any atom is 0.410 e. The Labute approximate surface area is 257 Å². The van der Waals surface area contributed by atoms with Crippen molar-refractivity contribution in [3.8, 4) is 0 Å². The molecule has 7 heteroatoms. The number of ether oxygens (including phenoxy) is 1. The Balaban J connectivity index is 0.000000468. The molecular weight excluding hydrogens is 544 g/mol. The van der Waals surface area contributed by atoms with Crippen LogP contribution in [0.1, 0.15) is 108 Å². The van der Waals surface area contributed by atoms with Gasteiger partial charge in [-0.2, -0.15) is 0 Å². The molecule has 0 unspecified atom stereocenters. The number of allylic oxidation sites excluding steroid dienone is 2. The molecule has 1 fully saturated rings. The molecule has 0 atom stereocenters. The van der Waals surface area contributed by atoms with Gasteiger partial charge in [0.25, 0.3) is 5.91 Å². The van der Waals surface area contributed by atoms with Gasteiger partial charge in [-0.15, -0.1) is 0 Å². The first kappa shape index (κ1) is 35.1. The highest BCUT2D eigenvalue weighted by Crippen LogP contribution is 2.28. The van der Waals surface area contributed by atoms with Crippen molar-refractivity contribution in [3.05, 3.63) is 76.4 Å². The molecule has 0 saturated carbocycles. The molecule has 1 saturated heterocycles. The highest BCUT2D eigenvalue weighted by atomic mass is 32.2. The lowest BCUT2D eigenvalue weighted by Crippen LogP contribution is -2.47. The molecular formula is C35H50N2O4S. The summed E-state index contributed by atoms with van der Waals surface area (Å²) in [5, 5.41) is 3.34. The van der Waals surface area contributed by atoms with Gasteiger partial charge in [0.05, 0.1) is 0 Å². The van der Waals surface area contributed by atoms with Crippen LogP contribution < -0.4 is 5.32 Å². The number of piperidine rings is 1. The first-order chi connectivity index (χ1) is 19.8. The number of aryl methyl sites for hydroxylation is 1. The van der Waals surface area contributed by atoms with Gasteiger partial charge in [0, 0.05) is 37.4 Å². The number of carbonyl (C=O) groups excluding carboxylic acids is 3. The van der Waals surface area contributed by atoms with Crippen molar-refractivity contribution in [1.29, 1.82) is 0 Å². The van der Waals surface area contributed by atoms with E-state index in [2.05, 4.69) is 33.0 Å². The highest BCUT2D eigenvalue weighted by Gasteiger charge is 2.27. The van der Waals surface area contributed by atoms with E-state index in [9.17, 15) is 14.4 Å². The molecule has 1 heterocycles. The quantitative estimate of drug-likeness (QED) is 0.331. The van der Waals surface area contributed by atoms with Crippen LogP contribution >= 0.6 is 11.8 Å². The Kier molecular flexibility index (Phi) is 14.3. The summed E-state index contributed by atoms with van der Waals surface area (Å²) in [5.41, 5.74) is 6.54. The second-order valence-corrected chi connectivity index (χ2v) is 13.0. The van der Waals surface area contributed by atoms with Crippen LogP contribution in [-0.4, -0.2) is 46.7 Å². The van der Waals surface area contributed by atoms with Gasteiger partial charge in [0.15, 0.2) is 5.12 Å². The van der Waals surface area contributed by atoms with Crippen LogP contribution in [0, 0.1) is 6.92 Å². The summed E-state index contributed by atoms with van der Waals surface area (Å²) in [6.07, 6.45) is 4.35. The van der Waals surface area contributed by atoms with Crippen molar-refractivity contribution in [2.24, 2.45) is 0 Å². The number of rotatable bonds is 8. The average molecular weight is 595 g/mol. The third-order valence-electron chi connectivity index (χ3n) is 7.09. The van der Waals surface area contributed by atoms with Gasteiger partial charge < -0.3 is 15.0 Å². The molecule has 230 valence electrons.